The minimum atomic E-state index is -0.167. The molecule has 1 aromatic carbocycles. The number of aryl methyl sites for hydroxylation is 1. The van der Waals surface area contributed by atoms with Crippen LogP contribution in [-0.4, -0.2) is 31.0 Å². The first-order valence-electron chi connectivity index (χ1n) is 7.15. The number of thiazole rings is 1. The molecule has 1 aromatic heterocycles. The molecule has 0 amide bonds. The van der Waals surface area contributed by atoms with Crippen LogP contribution < -0.4 is 5.32 Å². The standard InChI is InChI=1S/C16H20N2OS2/c1-12-11-21-15(18-12)16(17-8-9-19-2)7-10-20-14-6-4-3-5-13(14)16/h3-6,11,17H,7-10H2,1-2H3. The van der Waals surface area contributed by atoms with Crippen molar-refractivity contribution in [1.82, 2.24) is 10.3 Å². The maximum absolute atomic E-state index is 5.22. The van der Waals surface area contributed by atoms with Crippen LogP contribution >= 0.6 is 23.1 Å². The highest BCUT2D eigenvalue weighted by atomic mass is 32.2. The van der Waals surface area contributed by atoms with Crippen molar-refractivity contribution in [1.29, 1.82) is 0 Å². The molecule has 1 unspecified atom stereocenters. The number of hydrogen-bond donors (Lipinski definition) is 1. The number of nitrogens with zero attached hydrogens (tertiary/aromatic N) is 1. The van der Waals surface area contributed by atoms with E-state index in [4.69, 9.17) is 9.72 Å². The monoisotopic (exact) mass is 320 g/mol. The molecule has 5 heteroatoms. The second-order valence-electron chi connectivity index (χ2n) is 5.21. The van der Waals surface area contributed by atoms with Gasteiger partial charge in [0.25, 0.3) is 0 Å². The fraction of sp³-hybridized carbons (Fsp3) is 0.438. The number of aromatic nitrogens is 1. The zero-order chi connectivity index (χ0) is 14.7. The molecule has 0 aliphatic carbocycles. The Morgan fingerprint density at radius 1 is 1.38 bits per heavy atom. The van der Waals surface area contributed by atoms with E-state index in [1.54, 1.807) is 18.4 Å². The molecule has 1 atom stereocenters. The SMILES string of the molecule is COCCNC1(c2nc(C)cs2)CCSc2ccccc21. The number of methoxy groups -OCH3 is 1. The van der Waals surface area contributed by atoms with Crippen molar-refractivity contribution in [2.24, 2.45) is 0 Å². The van der Waals surface area contributed by atoms with Crippen molar-refractivity contribution in [3.05, 3.63) is 45.9 Å². The van der Waals surface area contributed by atoms with E-state index >= 15 is 0 Å². The van der Waals surface area contributed by atoms with E-state index < -0.39 is 0 Å². The third-order valence-electron chi connectivity index (χ3n) is 3.80. The summed E-state index contributed by atoms with van der Waals surface area (Å²) >= 11 is 3.69. The zero-order valence-corrected chi connectivity index (χ0v) is 14.0. The van der Waals surface area contributed by atoms with Gasteiger partial charge in [0.05, 0.1) is 12.1 Å². The molecular weight excluding hydrogens is 300 g/mol. The van der Waals surface area contributed by atoms with Crippen molar-refractivity contribution in [2.75, 3.05) is 26.0 Å². The Hall–Kier alpha value is -0.880. The minimum Gasteiger partial charge on any atom is -0.383 e. The van der Waals surface area contributed by atoms with Crippen LogP contribution in [-0.2, 0) is 10.3 Å². The molecule has 1 aliphatic heterocycles. The second-order valence-corrected chi connectivity index (χ2v) is 7.21. The molecule has 0 bridgehead atoms. The van der Waals surface area contributed by atoms with Gasteiger partial charge in [-0.2, -0.15) is 0 Å². The van der Waals surface area contributed by atoms with Crippen molar-refractivity contribution in [3.63, 3.8) is 0 Å². The molecule has 0 fully saturated rings. The maximum atomic E-state index is 5.22. The van der Waals surface area contributed by atoms with Gasteiger partial charge in [0, 0.05) is 35.4 Å². The van der Waals surface area contributed by atoms with E-state index in [-0.39, 0.29) is 5.54 Å². The Balaban J connectivity index is 2.05. The summed E-state index contributed by atoms with van der Waals surface area (Å²) in [5.41, 5.74) is 2.28. The summed E-state index contributed by atoms with van der Waals surface area (Å²) in [5.74, 6) is 1.11. The number of nitrogens with one attached hydrogen (secondary N) is 1. The van der Waals surface area contributed by atoms with Crippen LogP contribution in [0.2, 0.25) is 0 Å². The smallest absolute Gasteiger partial charge is 0.118 e. The normalized spacial score (nSPS) is 21.2. The highest BCUT2D eigenvalue weighted by Gasteiger charge is 2.40. The quantitative estimate of drug-likeness (QED) is 0.856. The lowest BCUT2D eigenvalue weighted by Gasteiger charge is -2.38. The van der Waals surface area contributed by atoms with Crippen molar-refractivity contribution < 1.29 is 4.74 Å². The zero-order valence-electron chi connectivity index (χ0n) is 12.4. The number of ether oxygens (including phenoxy) is 1. The lowest BCUT2D eigenvalue weighted by molar-refractivity contribution is 0.187. The molecule has 3 rings (SSSR count). The Bertz CT molecular complexity index is 614. The lowest BCUT2D eigenvalue weighted by Crippen LogP contribution is -2.47. The number of benzene rings is 1. The van der Waals surface area contributed by atoms with Gasteiger partial charge in [-0.25, -0.2) is 4.98 Å². The van der Waals surface area contributed by atoms with E-state index in [9.17, 15) is 0 Å². The summed E-state index contributed by atoms with van der Waals surface area (Å²) in [7, 11) is 1.74. The van der Waals surface area contributed by atoms with Crippen LogP contribution in [0.3, 0.4) is 0 Å². The topological polar surface area (TPSA) is 34.1 Å². The fourth-order valence-corrected chi connectivity index (χ4v) is 5.01. The molecule has 1 aliphatic rings. The maximum Gasteiger partial charge on any atom is 0.118 e. The average molecular weight is 320 g/mol. The van der Waals surface area contributed by atoms with Crippen molar-refractivity contribution >= 4 is 23.1 Å². The molecule has 3 nitrogen and oxygen atoms in total. The first kappa shape index (κ1) is 15.0. The van der Waals surface area contributed by atoms with E-state index in [2.05, 4.69) is 41.9 Å². The molecule has 1 N–H and O–H groups in total. The van der Waals surface area contributed by atoms with E-state index in [0.29, 0.717) is 6.61 Å². The summed E-state index contributed by atoms with van der Waals surface area (Å²) in [6.45, 7) is 3.60. The Morgan fingerprint density at radius 3 is 3.00 bits per heavy atom. The Morgan fingerprint density at radius 2 is 2.24 bits per heavy atom. The molecule has 0 spiro atoms. The van der Waals surface area contributed by atoms with Gasteiger partial charge in [-0.15, -0.1) is 23.1 Å². The molecule has 2 heterocycles. The van der Waals surface area contributed by atoms with Crippen LogP contribution in [0.1, 0.15) is 22.7 Å². The summed E-state index contributed by atoms with van der Waals surface area (Å²) in [4.78, 5) is 6.15. The van der Waals surface area contributed by atoms with Gasteiger partial charge in [-0.1, -0.05) is 18.2 Å². The van der Waals surface area contributed by atoms with Gasteiger partial charge in [0.2, 0.25) is 0 Å². The Labute approximate surface area is 134 Å². The average Bonchev–Trinajstić information content (AvgIpc) is 2.95. The van der Waals surface area contributed by atoms with E-state index in [1.807, 2.05) is 11.8 Å². The van der Waals surface area contributed by atoms with Crippen LogP contribution in [0, 0.1) is 6.92 Å². The predicted molar refractivity (Wildman–Crippen MR) is 89.3 cm³/mol. The van der Waals surface area contributed by atoms with Gasteiger partial charge in [0.1, 0.15) is 5.01 Å². The Kier molecular flexibility index (Phi) is 4.64. The van der Waals surface area contributed by atoms with Gasteiger partial charge >= 0.3 is 0 Å². The molecular formula is C16H20N2OS2. The lowest BCUT2D eigenvalue weighted by atomic mass is 9.87. The summed E-state index contributed by atoms with van der Waals surface area (Å²) in [6.07, 6.45) is 1.06. The fourth-order valence-electron chi connectivity index (χ4n) is 2.79. The molecule has 2 aromatic rings. The minimum absolute atomic E-state index is 0.167. The highest BCUT2D eigenvalue weighted by molar-refractivity contribution is 7.99. The summed E-state index contributed by atoms with van der Waals surface area (Å²) in [5, 5.41) is 7.04. The molecule has 0 saturated carbocycles. The van der Waals surface area contributed by atoms with Crippen molar-refractivity contribution in [3.8, 4) is 0 Å². The summed E-state index contributed by atoms with van der Waals surface area (Å²) in [6, 6.07) is 8.69. The second kappa shape index (κ2) is 6.48. The van der Waals surface area contributed by atoms with Crippen LogP contribution in [0.25, 0.3) is 0 Å². The van der Waals surface area contributed by atoms with E-state index in [1.165, 1.54) is 15.5 Å². The molecule has 0 saturated heterocycles. The van der Waals surface area contributed by atoms with Gasteiger partial charge in [-0.05, 0) is 25.0 Å². The van der Waals surface area contributed by atoms with Crippen LogP contribution in [0.5, 0.6) is 0 Å². The first-order chi connectivity index (χ1) is 10.3. The van der Waals surface area contributed by atoms with Gasteiger partial charge < -0.3 is 4.74 Å². The van der Waals surface area contributed by atoms with Crippen molar-refractivity contribution in [2.45, 2.75) is 23.8 Å². The molecule has 21 heavy (non-hydrogen) atoms. The third-order valence-corrected chi connectivity index (χ3v) is 6.00. The van der Waals surface area contributed by atoms with Crippen LogP contribution in [0.4, 0.5) is 0 Å². The summed E-state index contributed by atoms with van der Waals surface area (Å²) < 4.78 is 5.22. The number of rotatable bonds is 5. The molecule has 0 radical (unpaired) electrons. The first-order valence-corrected chi connectivity index (χ1v) is 9.02. The predicted octanol–water partition coefficient (Wildman–Crippen LogP) is 3.43. The number of fused-ring (bicyclic) bond motifs is 1. The highest BCUT2D eigenvalue weighted by Crippen LogP contribution is 2.44. The number of thioether (sulfide) groups is 1. The third kappa shape index (κ3) is 2.88. The molecule has 112 valence electrons. The van der Waals surface area contributed by atoms with Crippen LogP contribution in [0.15, 0.2) is 34.5 Å². The van der Waals surface area contributed by atoms with Gasteiger partial charge in [-0.3, -0.25) is 5.32 Å². The van der Waals surface area contributed by atoms with E-state index in [0.717, 1.165) is 24.4 Å². The number of hydrogen-bond acceptors (Lipinski definition) is 5. The van der Waals surface area contributed by atoms with Gasteiger partial charge in [0.15, 0.2) is 0 Å². The largest absolute Gasteiger partial charge is 0.383 e.